The third-order valence-corrected chi connectivity index (χ3v) is 9.43. The van der Waals surface area contributed by atoms with Crippen LogP contribution >= 0.6 is 0 Å². The van der Waals surface area contributed by atoms with Crippen molar-refractivity contribution in [2.75, 3.05) is 4.90 Å². The summed E-state index contributed by atoms with van der Waals surface area (Å²) in [5.74, 6) is 0.873. The van der Waals surface area contributed by atoms with Gasteiger partial charge in [-0.05, 0) is 97.4 Å². The van der Waals surface area contributed by atoms with E-state index in [-0.39, 0.29) is 0 Å². The van der Waals surface area contributed by atoms with Gasteiger partial charge in [-0.1, -0.05) is 146 Å². The highest BCUT2D eigenvalue weighted by molar-refractivity contribution is 6.22. The van der Waals surface area contributed by atoms with Crippen LogP contribution in [0.15, 0.2) is 194 Å². The summed E-state index contributed by atoms with van der Waals surface area (Å²) in [6.45, 7) is 0. The van der Waals surface area contributed by atoms with E-state index < -0.39 is 0 Å². The van der Waals surface area contributed by atoms with E-state index in [4.69, 9.17) is 4.98 Å². The Bertz CT molecular complexity index is 2480. The molecule has 230 valence electrons. The first-order valence-electron chi connectivity index (χ1n) is 16.7. The van der Waals surface area contributed by atoms with E-state index in [0.717, 1.165) is 17.2 Å². The molecule has 1 heterocycles. The molecule has 0 N–H and O–H groups in total. The van der Waals surface area contributed by atoms with Gasteiger partial charge in [0.15, 0.2) is 0 Å². The predicted molar refractivity (Wildman–Crippen MR) is 208 cm³/mol. The molecule has 0 aliphatic carbocycles. The third kappa shape index (κ3) is 5.21. The third-order valence-electron chi connectivity index (χ3n) is 9.43. The molecule has 8 aromatic carbocycles. The molecule has 9 aromatic rings. The van der Waals surface area contributed by atoms with E-state index >= 15 is 0 Å². The fraction of sp³-hybridized carbons (Fsp3) is 0. The lowest BCUT2D eigenvalue weighted by atomic mass is 9.87. The fourth-order valence-corrected chi connectivity index (χ4v) is 7.20. The molecule has 49 heavy (non-hydrogen) atoms. The lowest BCUT2D eigenvalue weighted by Gasteiger charge is -2.29. The number of aromatic nitrogens is 1. The molecule has 0 saturated heterocycles. The van der Waals surface area contributed by atoms with E-state index in [1.165, 1.54) is 65.7 Å². The lowest BCUT2D eigenvalue weighted by molar-refractivity contribution is 1.20. The SMILES string of the molecule is c1ccc(-c2cc(-c3ccccc3)cc(-c3c4ccccc4c(N(c4ccc5ccccc5c4)c4ccccn4)c4ccccc34)c2)cc1. The van der Waals surface area contributed by atoms with Crippen LogP contribution in [-0.2, 0) is 0 Å². The monoisotopic (exact) mass is 624 g/mol. The zero-order valence-electron chi connectivity index (χ0n) is 26.9. The van der Waals surface area contributed by atoms with E-state index in [1.54, 1.807) is 0 Å². The van der Waals surface area contributed by atoms with E-state index in [1.807, 2.05) is 12.3 Å². The first kappa shape index (κ1) is 28.7. The Morgan fingerprint density at radius 1 is 0.347 bits per heavy atom. The van der Waals surface area contributed by atoms with Crippen molar-refractivity contribution in [2.45, 2.75) is 0 Å². The molecule has 0 aliphatic rings. The van der Waals surface area contributed by atoms with Crippen LogP contribution in [-0.4, -0.2) is 4.98 Å². The van der Waals surface area contributed by atoms with Crippen LogP contribution in [0.25, 0.3) is 65.7 Å². The minimum Gasteiger partial charge on any atom is -0.294 e. The van der Waals surface area contributed by atoms with Gasteiger partial charge in [0.2, 0.25) is 0 Å². The lowest BCUT2D eigenvalue weighted by Crippen LogP contribution is -2.13. The van der Waals surface area contributed by atoms with Gasteiger partial charge >= 0.3 is 0 Å². The Labute approximate surface area is 286 Å². The van der Waals surface area contributed by atoms with E-state index in [0.29, 0.717) is 0 Å². The topological polar surface area (TPSA) is 16.1 Å². The molecule has 0 unspecified atom stereocenters. The van der Waals surface area contributed by atoms with Gasteiger partial charge < -0.3 is 0 Å². The second-order valence-corrected chi connectivity index (χ2v) is 12.4. The predicted octanol–water partition coefficient (Wildman–Crippen LogP) is 13.0. The second-order valence-electron chi connectivity index (χ2n) is 12.4. The number of anilines is 3. The molecule has 0 saturated carbocycles. The maximum absolute atomic E-state index is 4.92. The summed E-state index contributed by atoms with van der Waals surface area (Å²) in [5.41, 5.74) is 9.39. The summed E-state index contributed by atoms with van der Waals surface area (Å²) < 4.78 is 0. The highest BCUT2D eigenvalue weighted by Gasteiger charge is 2.23. The van der Waals surface area contributed by atoms with Crippen LogP contribution in [0.2, 0.25) is 0 Å². The average molecular weight is 625 g/mol. The summed E-state index contributed by atoms with van der Waals surface area (Å²) in [4.78, 5) is 7.25. The van der Waals surface area contributed by atoms with Gasteiger partial charge in [0.05, 0.1) is 5.69 Å². The van der Waals surface area contributed by atoms with Gasteiger partial charge in [-0.2, -0.15) is 0 Å². The quantitative estimate of drug-likeness (QED) is 0.171. The highest BCUT2D eigenvalue weighted by Crippen LogP contribution is 2.48. The molecule has 2 nitrogen and oxygen atoms in total. The standard InChI is InChI=1S/C47H32N2/c1-3-15-33(16-4-1)37-29-38(34-17-5-2-6-18-34)31-39(30-37)46-41-21-9-11-23-43(41)47(44-24-12-10-22-42(44)46)49(45-25-13-14-28-48-45)40-27-26-35-19-7-8-20-36(35)32-40/h1-32H. The van der Waals surface area contributed by atoms with Crippen LogP contribution in [0, 0.1) is 0 Å². The van der Waals surface area contributed by atoms with E-state index in [2.05, 4.69) is 187 Å². The number of nitrogens with zero attached hydrogens (tertiary/aromatic N) is 2. The highest BCUT2D eigenvalue weighted by atomic mass is 15.2. The van der Waals surface area contributed by atoms with Crippen molar-refractivity contribution in [2.24, 2.45) is 0 Å². The number of hydrogen-bond acceptors (Lipinski definition) is 2. The van der Waals surface area contributed by atoms with Crippen molar-refractivity contribution >= 4 is 49.5 Å². The normalized spacial score (nSPS) is 11.3. The molecule has 0 aliphatic heterocycles. The summed E-state index contributed by atoms with van der Waals surface area (Å²) >= 11 is 0. The molecular formula is C47H32N2. The Morgan fingerprint density at radius 3 is 1.45 bits per heavy atom. The Morgan fingerprint density at radius 2 is 0.857 bits per heavy atom. The molecule has 9 rings (SSSR count). The molecule has 0 amide bonds. The van der Waals surface area contributed by atoms with Crippen molar-refractivity contribution in [3.05, 3.63) is 194 Å². The molecular weight excluding hydrogens is 593 g/mol. The first-order valence-corrected chi connectivity index (χ1v) is 16.7. The van der Waals surface area contributed by atoms with Gasteiger partial charge in [0.1, 0.15) is 5.82 Å². The van der Waals surface area contributed by atoms with Crippen LogP contribution in [0.5, 0.6) is 0 Å². The second kappa shape index (κ2) is 12.3. The zero-order valence-corrected chi connectivity index (χ0v) is 26.9. The maximum atomic E-state index is 4.92. The summed E-state index contributed by atoms with van der Waals surface area (Å²) in [6, 6.07) is 67.5. The molecule has 0 fully saturated rings. The largest absolute Gasteiger partial charge is 0.294 e. The number of rotatable bonds is 6. The van der Waals surface area contributed by atoms with Crippen molar-refractivity contribution in [1.82, 2.24) is 4.98 Å². The Hall–Kier alpha value is -6.51. The van der Waals surface area contributed by atoms with Gasteiger partial charge in [0, 0.05) is 22.7 Å². The van der Waals surface area contributed by atoms with Crippen molar-refractivity contribution in [1.29, 1.82) is 0 Å². The maximum Gasteiger partial charge on any atom is 0.137 e. The average Bonchev–Trinajstić information content (AvgIpc) is 3.18. The fourth-order valence-electron chi connectivity index (χ4n) is 7.20. The smallest absolute Gasteiger partial charge is 0.137 e. The molecule has 1 aromatic heterocycles. The van der Waals surface area contributed by atoms with Gasteiger partial charge in [0.25, 0.3) is 0 Å². The van der Waals surface area contributed by atoms with Crippen molar-refractivity contribution in [3.8, 4) is 33.4 Å². The minimum atomic E-state index is 0.873. The summed E-state index contributed by atoms with van der Waals surface area (Å²) in [7, 11) is 0. The van der Waals surface area contributed by atoms with Gasteiger partial charge in [-0.3, -0.25) is 4.90 Å². The Kier molecular flexibility index (Phi) is 7.18. The molecule has 0 bridgehead atoms. The first-order chi connectivity index (χ1) is 24.3. The summed E-state index contributed by atoms with van der Waals surface area (Å²) in [6.07, 6.45) is 1.88. The van der Waals surface area contributed by atoms with Crippen LogP contribution in [0.3, 0.4) is 0 Å². The van der Waals surface area contributed by atoms with E-state index in [9.17, 15) is 0 Å². The van der Waals surface area contributed by atoms with Crippen LogP contribution < -0.4 is 4.90 Å². The molecule has 0 spiro atoms. The number of benzene rings is 8. The molecule has 0 radical (unpaired) electrons. The van der Waals surface area contributed by atoms with Gasteiger partial charge in [-0.15, -0.1) is 0 Å². The summed E-state index contributed by atoms with van der Waals surface area (Å²) in [5, 5.41) is 7.13. The molecule has 2 heteroatoms. The minimum absolute atomic E-state index is 0.873. The Balaban J connectivity index is 1.37. The number of hydrogen-bond donors (Lipinski definition) is 0. The van der Waals surface area contributed by atoms with Crippen LogP contribution in [0.1, 0.15) is 0 Å². The number of pyridine rings is 1. The van der Waals surface area contributed by atoms with Crippen LogP contribution in [0.4, 0.5) is 17.2 Å². The number of fused-ring (bicyclic) bond motifs is 3. The zero-order chi connectivity index (χ0) is 32.6. The van der Waals surface area contributed by atoms with Gasteiger partial charge in [-0.25, -0.2) is 4.98 Å². The molecule has 0 atom stereocenters. The van der Waals surface area contributed by atoms with Crippen molar-refractivity contribution < 1.29 is 0 Å². The van der Waals surface area contributed by atoms with Crippen molar-refractivity contribution in [3.63, 3.8) is 0 Å².